The fraction of sp³-hybridized carbons (Fsp3) is 0.556. The SMILES string of the molecule is C=NN(C)C(C)/C=C(/N=CCC)NN. The third-order valence-electron chi connectivity index (χ3n) is 1.77. The van der Waals surface area contributed by atoms with Crippen LogP contribution in [0.1, 0.15) is 20.3 Å². The topological polar surface area (TPSA) is 66.0 Å². The van der Waals surface area contributed by atoms with Crippen LogP contribution < -0.4 is 11.3 Å². The van der Waals surface area contributed by atoms with Crippen LogP contribution in [0.3, 0.4) is 0 Å². The molecule has 0 heterocycles. The van der Waals surface area contributed by atoms with Gasteiger partial charge in [0, 0.05) is 20.0 Å². The Morgan fingerprint density at radius 2 is 2.36 bits per heavy atom. The molecule has 5 nitrogen and oxygen atoms in total. The maximum atomic E-state index is 5.31. The van der Waals surface area contributed by atoms with E-state index in [0.717, 1.165) is 6.42 Å². The lowest BCUT2D eigenvalue weighted by atomic mass is 10.3. The Bertz CT molecular complexity index is 221. The summed E-state index contributed by atoms with van der Waals surface area (Å²) in [4.78, 5) is 4.13. The highest BCUT2D eigenvalue weighted by Gasteiger charge is 2.03. The second kappa shape index (κ2) is 7.08. The summed E-state index contributed by atoms with van der Waals surface area (Å²) in [6, 6.07) is 0.104. The number of hydrogen-bond acceptors (Lipinski definition) is 5. The molecule has 0 aliphatic carbocycles. The summed E-state index contributed by atoms with van der Waals surface area (Å²) in [5, 5.41) is 5.50. The Kier molecular flexibility index (Phi) is 6.39. The van der Waals surface area contributed by atoms with E-state index < -0.39 is 0 Å². The van der Waals surface area contributed by atoms with Crippen LogP contribution >= 0.6 is 0 Å². The third-order valence-corrected chi connectivity index (χ3v) is 1.77. The van der Waals surface area contributed by atoms with Gasteiger partial charge in [-0.05, 0) is 19.4 Å². The largest absolute Gasteiger partial charge is 0.309 e. The average Bonchev–Trinajstić information content (AvgIpc) is 2.22. The summed E-state index contributed by atoms with van der Waals surface area (Å²) < 4.78 is 0. The van der Waals surface area contributed by atoms with Gasteiger partial charge in [-0.3, -0.25) is 5.01 Å². The minimum Gasteiger partial charge on any atom is -0.309 e. The van der Waals surface area contributed by atoms with Gasteiger partial charge in [0.1, 0.15) is 5.82 Å². The number of hydrogen-bond donors (Lipinski definition) is 2. The standard InChI is InChI=1S/C9H19N5/c1-5-6-12-9(13-10)7-8(2)14(4)11-3/h6-8,13H,3,5,10H2,1-2,4H3/b9-7-,12-6?. The molecule has 3 N–H and O–H groups in total. The zero-order valence-corrected chi connectivity index (χ0v) is 9.07. The van der Waals surface area contributed by atoms with Crippen molar-refractivity contribution in [3.05, 3.63) is 11.9 Å². The van der Waals surface area contributed by atoms with Crippen molar-refractivity contribution in [1.82, 2.24) is 10.4 Å². The van der Waals surface area contributed by atoms with Crippen LogP contribution in [0.2, 0.25) is 0 Å². The second-order valence-corrected chi connectivity index (χ2v) is 2.87. The molecule has 0 saturated carbocycles. The number of nitrogens with two attached hydrogens (primary N) is 1. The second-order valence-electron chi connectivity index (χ2n) is 2.87. The molecule has 0 aromatic carbocycles. The first-order chi connectivity index (χ1) is 6.65. The lowest BCUT2D eigenvalue weighted by molar-refractivity contribution is 0.315. The third kappa shape index (κ3) is 4.61. The number of nitrogens with zero attached hydrogens (tertiary/aromatic N) is 3. The van der Waals surface area contributed by atoms with Crippen LogP contribution in [0.25, 0.3) is 0 Å². The van der Waals surface area contributed by atoms with Gasteiger partial charge in [-0.25, -0.2) is 10.8 Å². The zero-order chi connectivity index (χ0) is 11.0. The van der Waals surface area contributed by atoms with Gasteiger partial charge in [-0.1, -0.05) is 6.92 Å². The van der Waals surface area contributed by atoms with Crippen molar-refractivity contribution < 1.29 is 0 Å². The Morgan fingerprint density at radius 1 is 1.71 bits per heavy atom. The van der Waals surface area contributed by atoms with Crippen molar-refractivity contribution in [3.63, 3.8) is 0 Å². The number of hydrazone groups is 1. The minimum absolute atomic E-state index is 0.104. The van der Waals surface area contributed by atoms with Crippen LogP contribution in [-0.4, -0.2) is 31.0 Å². The fourth-order valence-corrected chi connectivity index (χ4v) is 0.783. The number of rotatable bonds is 6. The molecule has 0 aliphatic heterocycles. The van der Waals surface area contributed by atoms with E-state index in [9.17, 15) is 0 Å². The summed E-state index contributed by atoms with van der Waals surface area (Å²) in [5.41, 5.74) is 2.52. The van der Waals surface area contributed by atoms with E-state index in [1.807, 2.05) is 27.0 Å². The molecule has 0 aromatic rings. The Balaban J connectivity index is 4.41. The highest BCUT2D eigenvalue weighted by molar-refractivity contribution is 5.58. The fourth-order valence-electron chi connectivity index (χ4n) is 0.783. The van der Waals surface area contributed by atoms with Gasteiger partial charge in [-0.15, -0.1) is 0 Å². The molecule has 0 aliphatic rings. The molecule has 0 rings (SSSR count). The summed E-state index contributed by atoms with van der Waals surface area (Å²) >= 11 is 0. The van der Waals surface area contributed by atoms with Gasteiger partial charge in [-0.2, -0.15) is 5.10 Å². The summed E-state index contributed by atoms with van der Waals surface area (Å²) in [6.45, 7) is 7.43. The van der Waals surface area contributed by atoms with Crippen molar-refractivity contribution in [2.75, 3.05) is 7.05 Å². The lowest BCUT2D eigenvalue weighted by Gasteiger charge is -2.18. The first kappa shape index (κ1) is 12.6. The van der Waals surface area contributed by atoms with Crippen LogP contribution in [-0.2, 0) is 0 Å². The van der Waals surface area contributed by atoms with Gasteiger partial charge in [0.15, 0.2) is 0 Å². The average molecular weight is 197 g/mol. The molecule has 0 aromatic heterocycles. The molecule has 0 radical (unpaired) electrons. The summed E-state index contributed by atoms with van der Waals surface area (Å²) in [7, 11) is 1.84. The predicted molar refractivity (Wildman–Crippen MR) is 61.0 cm³/mol. The van der Waals surface area contributed by atoms with Crippen molar-refractivity contribution >= 4 is 12.9 Å². The summed E-state index contributed by atoms with van der Waals surface area (Å²) in [5.74, 6) is 5.94. The zero-order valence-electron chi connectivity index (χ0n) is 9.07. The van der Waals surface area contributed by atoms with Crippen LogP contribution in [0.15, 0.2) is 22.0 Å². The Hall–Kier alpha value is -1.36. The quantitative estimate of drug-likeness (QED) is 0.374. The van der Waals surface area contributed by atoms with Crippen molar-refractivity contribution in [2.45, 2.75) is 26.3 Å². The number of hydrazine groups is 1. The molecule has 0 spiro atoms. The van der Waals surface area contributed by atoms with E-state index in [0.29, 0.717) is 5.82 Å². The predicted octanol–water partition coefficient (Wildman–Crippen LogP) is 0.708. The molecule has 0 bridgehead atoms. The van der Waals surface area contributed by atoms with Crippen molar-refractivity contribution in [3.8, 4) is 0 Å². The van der Waals surface area contributed by atoms with Crippen LogP contribution in [0.4, 0.5) is 0 Å². The number of likely N-dealkylation sites (N-methyl/N-ethyl adjacent to an activating group) is 1. The summed E-state index contributed by atoms with van der Waals surface area (Å²) in [6.07, 6.45) is 4.55. The van der Waals surface area contributed by atoms with E-state index in [1.165, 1.54) is 0 Å². The molecular weight excluding hydrogens is 178 g/mol. The highest BCUT2D eigenvalue weighted by atomic mass is 15.4. The van der Waals surface area contributed by atoms with E-state index >= 15 is 0 Å². The highest BCUT2D eigenvalue weighted by Crippen LogP contribution is 2.00. The monoisotopic (exact) mass is 197 g/mol. The molecule has 1 unspecified atom stereocenters. The normalized spacial score (nSPS) is 14.1. The molecule has 80 valence electrons. The maximum absolute atomic E-state index is 5.31. The van der Waals surface area contributed by atoms with E-state index in [1.54, 1.807) is 11.2 Å². The van der Waals surface area contributed by atoms with Crippen LogP contribution in [0.5, 0.6) is 0 Å². The molecule has 0 amide bonds. The molecule has 0 fully saturated rings. The van der Waals surface area contributed by atoms with Gasteiger partial charge >= 0.3 is 0 Å². The molecule has 0 saturated heterocycles. The van der Waals surface area contributed by atoms with Crippen molar-refractivity contribution in [2.24, 2.45) is 15.9 Å². The van der Waals surface area contributed by atoms with E-state index in [4.69, 9.17) is 5.84 Å². The Morgan fingerprint density at radius 3 is 2.79 bits per heavy atom. The molecule has 5 heteroatoms. The van der Waals surface area contributed by atoms with Gasteiger partial charge in [0.05, 0.1) is 6.04 Å². The van der Waals surface area contributed by atoms with Gasteiger partial charge < -0.3 is 5.43 Å². The van der Waals surface area contributed by atoms with Gasteiger partial charge in [0.25, 0.3) is 0 Å². The molecule has 14 heavy (non-hydrogen) atoms. The first-order valence-corrected chi connectivity index (χ1v) is 4.56. The van der Waals surface area contributed by atoms with Crippen molar-refractivity contribution in [1.29, 1.82) is 0 Å². The van der Waals surface area contributed by atoms with Crippen LogP contribution in [0, 0.1) is 0 Å². The first-order valence-electron chi connectivity index (χ1n) is 4.56. The minimum atomic E-state index is 0.104. The Labute approximate surface area is 85.3 Å². The van der Waals surface area contributed by atoms with Gasteiger partial charge in [0.2, 0.25) is 0 Å². The lowest BCUT2D eigenvalue weighted by Crippen LogP contribution is -2.26. The molecular formula is C9H19N5. The van der Waals surface area contributed by atoms with E-state index in [-0.39, 0.29) is 6.04 Å². The number of aliphatic imine (C=N–C) groups is 1. The number of nitrogens with one attached hydrogen (secondary N) is 1. The molecule has 1 atom stereocenters. The maximum Gasteiger partial charge on any atom is 0.137 e. The van der Waals surface area contributed by atoms with E-state index in [2.05, 4.69) is 22.2 Å². The smallest absolute Gasteiger partial charge is 0.137 e.